The molecule has 1 saturated carbocycles. The summed E-state index contributed by atoms with van der Waals surface area (Å²) in [5.74, 6) is 1.42. The first kappa shape index (κ1) is 18.0. The molecule has 2 unspecified atom stereocenters. The van der Waals surface area contributed by atoms with E-state index in [0.29, 0.717) is 24.0 Å². The van der Waals surface area contributed by atoms with Gasteiger partial charge in [0.15, 0.2) is 0 Å². The smallest absolute Gasteiger partial charge is 0.0577 e. The summed E-state index contributed by atoms with van der Waals surface area (Å²) >= 11 is 0. The Kier molecular flexibility index (Phi) is 9.54. The van der Waals surface area contributed by atoms with E-state index in [1.54, 1.807) is 0 Å². The predicted molar refractivity (Wildman–Crippen MR) is 86.1 cm³/mol. The summed E-state index contributed by atoms with van der Waals surface area (Å²) in [6.07, 6.45) is 10.8. The van der Waals surface area contributed by atoms with Gasteiger partial charge in [-0.15, -0.1) is 0 Å². The average molecular weight is 284 g/mol. The standard InChI is InChI=1S/C18H36O2/c1-5-7-15(3)13-19-17-9-11-18(12-10-17)20-14-16(4)8-6-2/h15-18H,5-14H2,1-4H3. The summed E-state index contributed by atoms with van der Waals surface area (Å²) in [6, 6.07) is 0. The van der Waals surface area contributed by atoms with Crippen LogP contribution in [-0.4, -0.2) is 25.4 Å². The zero-order chi connectivity index (χ0) is 14.8. The Morgan fingerprint density at radius 2 is 1.10 bits per heavy atom. The maximum absolute atomic E-state index is 6.05. The lowest BCUT2D eigenvalue weighted by molar-refractivity contribution is -0.0457. The summed E-state index contributed by atoms with van der Waals surface area (Å²) in [6.45, 7) is 11.0. The van der Waals surface area contributed by atoms with E-state index in [1.807, 2.05) is 0 Å². The minimum atomic E-state index is 0.488. The van der Waals surface area contributed by atoms with E-state index < -0.39 is 0 Å². The molecule has 0 spiro atoms. The molecule has 0 aromatic heterocycles. The van der Waals surface area contributed by atoms with Gasteiger partial charge in [0.2, 0.25) is 0 Å². The van der Waals surface area contributed by atoms with Crippen LogP contribution >= 0.6 is 0 Å². The van der Waals surface area contributed by atoms with Gasteiger partial charge in [0.05, 0.1) is 12.2 Å². The zero-order valence-corrected chi connectivity index (χ0v) is 14.2. The average Bonchev–Trinajstić information content (AvgIpc) is 2.45. The van der Waals surface area contributed by atoms with E-state index in [0.717, 1.165) is 13.2 Å². The van der Waals surface area contributed by atoms with Gasteiger partial charge in [-0.25, -0.2) is 0 Å². The fourth-order valence-electron chi connectivity index (χ4n) is 3.12. The van der Waals surface area contributed by atoms with Gasteiger partial charge in [-0.3, -0.25) is 0 Å². The monoisotopic (exact) mass is 284 g/mol. The highest BCUT2D eigenvalue weighted by molar-refractivity contribution is 4.73. The predicted octanol–water partition coefficient (Wildman–Crippen LogP) is 5.20. The van der Waals surface area contributed by atoms with Crippen LogP contribution < -0.4 is 0 Å². The Hall–Kier alpha value is -0.0800. The van der Waals surface area contributed by atoms with Gasteiger partial charge < -0.3 is 9.47 Å². The molecular formula is C18H36O2. The molecule has 0 bridgehead atoms. The van der Waals surface area contributed by atoms with E-state index in [1.165, 1.54) is 51.4 Å². The van der Waals surface area contributed by atoms with Crippen molar-refractivity contribution in [1.29, 1.82) is 0 Å². The van der Waals surface area contributed by atoms with Gasteiger partial charge in [0, 0.05) is 13.2 Å². The van der Waals surface area contributed by atoms with Crippen molar-refractivity contribution in [3.05, 3.63) is 0 Å². The lowest BCUT2D eigenvalue weighted by Crippen LogP contribution is -2.28. The first-order valence-electron chi connectivity index (χ1n) is 8.88. The number of rotatable bonds is 10. The van der Waals surface area contributed by atoms with Crippen LogP contribution in [0.1, 0.15) is 79.1 Å². The van der Waals surface area contributed by atoms with E-state index in [-0.39, 0.29) is 0 Å². The maximum Gasteiger partial charge on any atom is 0.0577 e. The summed E-state index contributed by atoms with van der Waals surface area (Å²) in [4.78, 5) is 0. The highest BCUT2D eigenvalue weighted by atomic mass is 16.5. The third kappa shape index (κ3) is 7.64. The fourth-order valence-corrected chi connectivity index (χ4v) is 3.12. The second-order valence-electron chi connectivity index (χ2n) is 6.85. The van der Waals surface area contributed by atoms with E-state index in [9.17, 15) is 0 Å². The molecule has 0 aromatic carbocycles. The Labute approximate surface area is 126 Å². The zero-order valence-electron chi connectivity index (χ0n) is 14.2. The van der Waals surface area contributed by atoms with Gasteiger partial charge >= 0.3 is 0 Å². The SMILES string of the molecule is CCCC(C)COC1CCC(OCC(C)CCC)CC1. The van der Waals surface area contributed by atoms with Crippen LogP contribution in [0.4, 0.5) is 0 Å². The largest absolute Gasteiger partial charge is 0.378 e. The molecule has 120 valence electrons. The van der Waals surface area contributed by atoms with Gasteiger partial charge in [-0.2, -0.15) is 0 Å². The molecule has 1 aliphatic carbocycles. The lowest BCUT2D eigenvalue weighted by atomic mass is 9.94. The minimum absolute atomic E-state index is 0.488. The Balaban J connectivity index is 2.07. The van der Waals surface area contributed by atoms with Crippen LogP contribution in [-0.2, 0) is 9.47 Å². The topological polar surface area (TPSA) is 18.5 Å². The molecule has 2 nitrogen and oxygen atoms in total. The minimum Gasteiger partial charge on any atom is -0.378 e. The van der Waals surface area contributed by atoms with Crippen molar-refractivity contribution in [2.75, 3.05) is 13.2 Å². The van der Waals surface area contributed by atoms with E-state index >= 15 is 0 Å². The maximum atomic E-state index is 6.05. The number of hydrogen-bond acceptors (Lipinski definition) is 2. The first-order valence-corrected chi connectivity index (χ1v) is 8.88. The van der Waals surface area contributed by atoms with Gasteiger partial charge in [0.25, 0.3) is 0 Å². The van der Waals surface area contributed by atoms with Crippen LogP contribution in [0.25, 0.3) is 0 Å². The second kappa shape index (κ2) is 10.6. The molecule has 0 N–H and O–H groups in total. The molecule has 1 fully saturated rings. The second-order valence-corrected chi connectivity index (χ2v) is 6.85. The number of ether oxygens (including phenoxy) is 2. The van der Waals surface area contributed by atoms with Crippen molar-refractivity contribution in [2.24, 2.45) is 11.8 Å². The molecule has 0 aliphatic heterocycles. The van der Waals surface area contributed by atoms with Gasteiger partial charge in [-0.05, 0) is 50.4 Å². The molecular weight excluding hydrogens is 248 g/mol. The van der Waals surface area contributed by atoms with Crippen molar-refractivity contribution < 1.29 is 9.47 Å². The molecule has 0 amide bonds. The Morgan fingerprint density at radius 1 is 0.750 bits per heavy atom. The van der Waals surface area contributed by atoms with Gasteiger partial charge in [0.1, 0.15) is 0 Å². The van der Waals surface area contributed by atoms with Crippen molar-refractivity contribution in [2.45, 2.75) is 91.3 Å². The van der Waals surface area contributed by atoms with Crippen LogP contribution in [0.5, 0.6) is 0 Å². The summed E-state index contributed by atoms with van der Waals surface area (Å²) < 4.78 is 12.1. The van der Waals surface area contributed by atoms with Crippen LogP contribution in [0.15, 0.2) is 0 Å². The molecule has 0 saturated heterocycles. The molecule has 20 heavy (non-hydrogen) atoms. The highest BCUT2D eigenvalue weighted by Crippen LogP contribution is 2.25. The van der Waals surface area contributed by atoms with Crippen molar-refractivity contribution in [3.63, 3.8) is 0 Å². The van der Waals surface area contributed by atoms with Crippen molar-refractivity contribution >= 4 is 0 Å². The molecule has 0 heterocycles. The summed E-state index contributed by atoms with van der Waals surface area (Å²) in [5.41, 5.74) is 0. The molecule has 1 aliphatic rings. The van der Waals surface area contributed by atoms with E-state index in [2.05, 4.69) is 27.7 Å². The van der Waals surface area contributed by atoms with Crippen LogP contribution in [0, 0.1) is 11.8 Å². The van der Waals surface area contributed by atoms with Crippen LogP contribution in [0.3, 0.4) is 0 Å². The van der Waals surface area contributed by atoms with Crippen molar-refractivity contribution in [3.8, 4) is 0 Å². The first-order chi connectivity index (χ1) is 9.65. The van der Waals surface area contributed by atoms with Gasteiger partial charge in [-0.1, -0.05) is 40.5 Å². The third-order valence-corrected chi connectivity index (χ3v) is 4.42. The van der Waals surface area contributed by atoms with Crippen LogP contribution in [0.2, 0.25) is 0 Å². The van der Waals surface area contributed by atoms with Crippen molar-refractivity contribution in [1.82, 2.24) is 0 Å². The highest BCUT2D eigenvalue weighted by Gasteiger charge is 2.22. The molecule has 0 radical (unpaired) electrons. The molecule has 2 heteroatoms. The molecule has 0 aromatic rings. The quantitative estimate of drug-likeness (QED) is 0.548. The third-order valence-electron chi connectivity index (χ3n) is 4.42. The normalized spacial score (nSPS) is 26.4. The fraction of sp³-hybridized carbons (Fsp3) is 1.00. The van der Waals surface area contributed by atoms with E-state index in [4.69, 9.17) is 9.47 Å². The summed E-state index contributed by atoms with van der Waals surface area (Å²) in [7, 11) is 0. The number of hydrogen-bond donors (Lipinski definition) is 0. The summed E-state index contributed by atoms with van der Waals surface area (Å²) in [5, 5.41) is 0. The molecule has 1 rings (SSSR count). The Morgan fingerprint density at radius 3 is 1.40 bits per heavy atom. The molecule has 2 atom stereocenters. The lowest BCUT2D eigenvalue weighted by Gasteiger charge is -2.30. The Bertz CT molecular complexity index is 197.